The molecule has 0 bridgehead atoms. The molecular formula is C16H15NO3. The third kappa shape index (κ3) is 3.68. The Morgan fingerprint density at radius 2 is 1.75 bits per heavy atom. The second kappa shape index (κ2) is 6.52. The minimum Gasteiger partial charge on any atom is -0.507 e. The van der Waals surface area contributed by atoms with Gasteiger partial charge in [0.2, 0.25) is 0 Å². The predicted octanol–water partition coefficient (Wildman–Crippen LogP) is 2.51. The van der Waals surface area contributed by atoms with Crippen molar-refractivity contribution in [1.29, 1.82) is 0 Å². The topological polar surface area (TPSA) is 69.9 Å². The average molecular weight is 269 g/mol. The second-order valence-corrected chi connectivity index (χ2v) is 4.38. The number of aliphatic carboxylic acids is 1. The molecule has 0 fully saturated rings. The molecule has 2 rings (SSSR count). The number of phenolic OH excluding ortho intramolecular Hbond substituents is 1. The third-order valence-corrected chi connectivity index (χ3v) is 2.89. The number of para-hydroxylation sites is 1. The zero-order valence-corrected chi connectivity index (χ0v) is 10.8. The molecular weight excluding hydrogens is 254 g/mol. The Morgan fingerprint density at radius 1 is 1.10 bits per heavy atom. The fourth-order valence-corrected chi connectivity index (χ4v) is 1.81. The van der Waals surface area contributed by atoms with Crippen molar-refractivity contribution in [2.24, 2.45) is 4.99 Å². The van der Waals surface area contributed by atoms with Gasteiger partial charge in [-0.15, -0.1) is 0 Å². The number of benzene rings is 2. The van der Waals surface area contributed by atoms with Crippen LogP contribution in [-0.4, -0.2) is 28.4 Å². The van der Waals surface area contributed by atoms with Crippen molar-refractivity contribution in [2.45, 2.75) is 12.5 Å². The van der Waals surface area contributed by atoms with E-state index in [4.69, 9.17) is 0 Å². The van der Waals surface area contributed by atoms with E-state index in [9.17, 15) is 15.0 Å². The van der Waals surface area contributed by atoms with E-state index in [1.165, 1.54) is 12.3 Å². The van der Waals surface area contributed by atoms with Crippen molar-refractivity contribution < 1.29 is 15.0 Å². The zero-order chi connectivity index (χ0) is 14.4. The molecule has 0 heterocycles. The fourth-order valence-electron chi connectivity index (χ4n) is 1.81. The van der Waals surface area contributed by atoms with Gasteiger partial charge in [-0.3, -0.25) is 4.99 Å². The first-order valence-electron chi connectivity index (χ1n) is 6.24. The summed E-state index contributed by atoms with van der Waals surface area (Å²) in [5, 5.41) is 18.8. The van der Waals surface area contributed by atoms with Gasteiger partial charge in [-0.25, -0.2) is 4.79 Å². The summed E-state index contributed by atoms with van der Waals surface area (Å²) in [6, 6.07) is 15.1. The highest BCUT2D eigenvalue weighted by Gasteiger charge is 2.15. The maximum absolute atomic E-state index is 11.2. The van der Waals surface area contributed by atoms with Crippen LogP contribution in [-0.2, 0) is 11.2 Å². The number of rotatable bonds is 5. The summed E-state index contributed by atoms with van der Waals surface area (Å²) < 4.78 is 0. The van der Waals surface area contributed by atoms with Crippen molar-refractivity contribution in [3.63, 3.8) is 0 Å². The maximum atomic E-state index is 11.2. The molecule has 1 atom stereocenters. The molecule has 2 aromatic rings. The summed E-state index contributed by atoms with van der Waals surface area (Å²) in [5.41, 5.74) is 1.42. The number of carbonyl (C=O) groups is 1. The number of aliphatic imine (C=N–C) groups is 1. The van der Waals surface area contributed by atoms with Gasteiger partial charge in [0.25, 0.3) is 0 Å². The number of aromatic hydroxyl groups is 1. The largest absolute Gasteiger partial charge is 0.507 e. The Morgan fingerprint density at radius 3 is 2.40 bits per heavy atom. The molecule has 0 radical (unpaired) electrons. The van der Waals surface area contributed by atoms with Gasteiger partial charge < -0.3 is 10.2 Å². The fraction of sp³-hybridized carbons (Fsp3) is 0.125. The molecule has 20 heavy (non-hydrogen) atoms. The van der Waals surface area contributed by atoms with Crippen LogP contribution in [0.1, 0.15) is 11.1 Å². The molecule has 0 aliphatic carbocycles. The lowest BCUT2D eigenvalue weighted by Gasteiger charge is -2.07. The molecule has 102 valence electrons. The molecule has 2 N–H and O–H groups in total. The maximum Gasteiger partial charge on any atom is 0.328 e. The van der Waals surface area contributed by atoms with E-state index in [1.54, 1.807) is 18.2 Å². The molecule has 0 amide bonds. The van der Waals surface area contributed by atoms with E-state index in [0.717, 1.165) is 5.56 Å². The van der Waals surface area contributed by atoms with Crippen LogP contribution >= 0.6 is 0 Å². The summed E-state index contributed by atoms with van der Waals surface area (Å²) in [4.78, 5) is 15.3. The monoisotopic (exact) mass is 269 g/mol. The van der Waals surface area contributed by atoms with E-state index >= 15 is 0 Å². The van der Waals surface area contributed by atoms with E-state index in [2.05, 4.69) is 4.99 Å². The molecule has 4 heteroatoms. The molecule has 0 spiro atoms. The SMILES string of the molecule is O=C(O)C(Cc1ccccc1)N=Cc1ccccc1O. The normalized spacial score (nSPS) is 12.4. The highest BCUT2D eigenvalue weighted by molar-refractivity contribution is 5.86. The van der Waals surface area contributed by atoms with Crippen LogP contribution in [0, 0.1) is 0 Å². The van der Waals surface area contributed by atoms with Gasteiger partial charge >= 0.3 is 5.97 Å². The first kappa shape index (κ1) is 13.8. The smallest absolute Gasteiger partial charge is 0.328 e. The highest BCUT2D eigenvalue weighted by Crippen LogP contribution is 2.14. The van der Waals surface area contributed by atoms with Crippen molar-refractivity contribution in [1.82, 2.24) is 0 Å². The number of carboxylic acid groups (broad SMARTS) is 1. The van der Waals surface area contributed by atoms with E-state index in [-0.39, 0.29) is 5.75 Å². The lowest BCUT2D eigenvalue weighted by atomic mass is 10.1. The van der Waals surface area contributed by atoms with Gasteiger partial charge in [0, 0.05) is 18.2 Å². The quantitative estimate of drug-likeness (QED) is 0.819. The Hall–Kier alpha value is -2.62. The van der Waals surface area contributed by atoms with Gasteiger partial charge in [0.05, 0.1) is 0 Å². The molecule has 0 aliphatic heterocycles. The van der Waals surface area contributed by atoms with Crippen LogP contribution in [0.25, 0.3) is 0 Å². The molecule has 0 aromatic heterocycles. The summed E-state index contributed by atoms with van der Waals surface area (Å²) in [6.45, 7) is 0. The lowest BCUT2D eigenvalue weighted by Crippen LogP contribution is -2.20. The van der Waals surface area contributed by atoms with Crippen LogP contribution in [0.3, 0.4) is 0 Å². The van der Waals surface area contributed by atoms with Crippen LogP contribution in [0.2, 0.25) is 0 Å². The van der Waals surface area contributed by atoms with Crippen LogP contribution in [0.15, 0.2) is 59.6 Å². The Kier molecular flexibility index (Phi) is 4.50. The lowest BCUT2D eigenvalue weighted by molar-refractivity contribution is -0.138. The molecule has 0 saturated carbocycles. The molecule has 0 aliphatic rings. The summed E-state index contributed by atoms with van der Waals surface area (Å²) in [6.07, 6.45) is 1.72. The summed E-state index contributed by atoms with van der Waals surface area (Å²) >= 11 is 0. The summed E-state index contributed by atoms with van der Waals surface area (Å²) in [5.74, 6) is -0.902. The highest BCUT2D eigenvalue weighted by atomic mass is 16.4. The summed E-state index contributed by atoms with van der Waals surface area (Å²) in [7, 11) is 0. The number of hydrogen-bond donors (Lipinski definition) is 2. The van der Waals surface area contributed by atoms with Crippen molar-refractivity contribution in [3.8, 4) is 5.75 Å². The first-order valence-corrected chi connectivity index (χ1v) is 6.24. The van der Waals surface area contributed by atoms with E-state index < -0.39 is 12.0 Å². The van der Waals surface area contributed by atoms with Crippen LogP contribution < -0.4 is 0 Å². The molecule has 2 aromatic carbocycles. The van der Waals surface area contributed by atoms with E-state index in [0.29, 0.717) is 12.0 Å². The zero-order valence-electron chi connectivity index (χ0n) is 10.8. The van der Waals surface area contributed by atoms with E-state index in [1.807, 2.05) is 30.3 Å². The van der Waals surface area contributed by atoms with Crippen molar-refractivity contribution in [3.05, 3.63) is 65.7 Å². The Labute approximate surface area is 117 Å². The van der Waals surface area contributed by atoms with Gasteiger partial charge in [-0.05, 0) is 17.7 Å². The average Bonchev–Trinajstić information content (AvgIpc) is 2.46. The van der Waals surface area contributed by atoms with Crippen molar-refractivity contribution in [2.75, 3.05) is 0 Å². The molecule has 0 saturated heterocycles. The number of nitrogens with zero attached hydrogens (tertiary/aromatic N) is 1. The van der Waals surface area contributed by atoms with Crippen LogP contribution in [0.4, 0.5) is 0 Å². The van der Waals surface area contributed by atoms with Gasteiger partial charge in [-0.2, -0.15) is 0 Å². The molecule has 1 unspecified atom stereocenters. The second-order valence-electron chi connectivity index (χ2n) is 4.38. The van der Waals surface area contributed by atoms with Crippen molar-refractivity contribution >= 4 is 12.2 Å². The number of hydrogen-bond acceptors (Lipinski definition) is 3. The van der Waals surface area contributed by atoms with Gasteiger partial charge in [0.15, 0.2) is 6.04 Å². The standard InChI is InChI=1S/C16H15NO3/c18-15-9-5-4-8-13(15)11-17-14(16(19)20)10-12-6-2-1-3-7-12/h1-9,11,14,18H,10H2,(H,19,20). The minimum absolute atomic E-state index is 0.0834. The van der Waals surface area contributed by atoms with Crippen LogP contribution in [0.5, 0.6) is 5.75 Å². The minimum atomic E-state index is -0.986. The Balaban J connectivity index is 2.14. The number of phenols is 1. The first-order chi connectivity index (χ1) is 9.66. The molecule has 4 nitrogen and oxygen atoms in total. The van der Waals surface area contributed by atoms with Gasteiger partial charge in [-0.1, -0.05) is 42.5 Å². The van der Waals surface area contributed by atoms with Gasteiger partial charge in [0.1, 0.15) is 5.75 Å². The predicted molar refractivity (Wildman–Crippen MR) is 77.3 cm³/mol. The third-order valence-electron chi connectivity index (χ3n) is 2.89. The number of carboxylic acids is 1. The Bertz CT molecular complexity index is 608.